The predicted octanol–water partition coefficient (Wildman–Crippen LogP) is 6.77. The minimum atomic E-state index is 0.232. The first-order valence-corrected chi connectivity index (χ1v) is 9.97. The van der Waals surface area contributed by atoms with E-state index in [1.54, 1.807) is 0 Å². The van der Waals surface area contributed by atoms with Gasteiger partial charge in [0.2, 0.25) is 0 Å². The summed E-state index contributed by atoms with van der Waals surface area (Å²) < 4.78 is 0. The number of fused-ring (bicyclic) bond motifs is 2. The molecule has 2 bridgehead atoms. The number of nitrogens with zero attached hydrogens (tertiary/aromatic N) is 1. The van der Waals surface area contributed by atoms with Gasteiger partial charge in [-0.3, -0.25) is 4.98 Å². The molecule has 24 heavy (non-hydrogen) atoms. The van der Waals surface area contributed by atoms with Gasteiger partial charge < -0.3 is 0 Å². The number of aromatic nitrogens is 1. The molecule has 2 fully saturated rings. The molecule has 2 aliphatic carbocycles. The van der Waals surface area contributed by atoms with Crippen LogP contribution in [0.4, 0.5) is 0 Å². The largest absolute Gasteiger partial charge is 0.265 e. The number of pyridine rings is 1. The van der Waals surface area contributed by atoms with Crippen molar-refractivity contribution in [3.63, 3.8) is 0 Å². The summed E-state index contributed by atoms with van der Waals surface area (Å²) in [6.07, 6.45) is 14.1. The maximum atomic E-state index is 4.20. The molecule has 1 heteroatoms. The lowest BCUT2D eigenvalue weighted by molar-refractivity contribution is 0.173. The smallest absolute Gasteiger partial charge is 0.0270 e. The molecule has 0 radical (unpaired) electrons. The van der Waals surface area contributed by atoms with Crippen LogP contribution in [0, 0.1) is 22.2 Å². The Bertz CT molecular complexity index is 555. The average molecular weight is 328 g/mol. The SMILES string of the molecule is CC(CC12CCC(CC(C)(C)C)(CC1)C2)C(C)(C)c1ccncc1. The molecular formula is C23H37N. The topological polar surface area (TPSA) is 12.9 Å². The van der Waals surface area contributed by atoms with E-state index in [4.69, 9.17) is 0 Å². The van der Waals surface area contributed by atoms with E-state index in [9.17, 15) is 0 Å². The van der Waals surface area contributed by atoms with Crippen molar-refractivity contribution in [2.75, 3.05) is 0 Å². The van der Waals surface area contributed by atoms with Gasteiger partial charge in [0, 0.05) is 12.4 Å². The van der Waals surface area contributed by atoms with E-state index >= 15 is 0 Å². The summed E-state index contributed by atoms with van der Waals surface area (Å²) in [5.41, 5.74) is 3.45. The lowest BCUT2D eigenvalue weighted by Crippen LogP contribution is -2.31. The van der Waals surface area contributed by atoms with Crippen LogP contribution in [0.5, 0.6) is 0 Å². The van der Waals surface area contributed by atoms with Crippen LogP contribution in [0.2, 0.25) is 0 Å². The second kappa shape index (κ2) is 5.85. The molecule has 1 aromatic heterocycles. The van der Waals surface area contributed by atoms with Gasteiger partial charge in [0.25, 0.3) is 0 Å². The molecule has 0 N–H and O–H groups in total. The Morgan fingerprint density at radius 3 is 2.04 bits per heavy atom. The van der Waals surface area contributed by atoms with Crippen LogP contribution in [0.3, 0.4) is 0 Å². The monoisotopic (exact) mass is 327 g/mol. The Labute approximate surface area is 149 Å². The van der Waals surface area contributed by atoms with Crippen LogP contribution in [-0.4, -0.2) is 4.98 Å². The van der Waals surface area contributed by atoms with Gasteiger partial charge in [-0.2, -0.15) is 0 Å². The summed E-state index contributed by atoms with van der Waals surface area (Å²) in [6, 6.07) is 4.42. The normalized spacial score (nSPS) is 31.4. The molecule has 1 nitrogen and oxygen atoms in total. The average Bonchev–Trinajstić information content (AvgIpc) is 3.01. The van der Waals surface area contributed by atoms with Crippen LogP contribution in [0.15, 0.2) is 24.5 Å². The molecule has 0 spiro atoms. The van der Waals surface area contributed by atoms with Crippen molar-refractivity contribution in [2.45, 2.75) is 91.9 Å². The van der Waals surface area contributed by atoms with E-state index in [-0.39, 0.29) is 5.41 Å². The Hall–Kier alpha value is -0.850. The van der Waals surface area contributed by atoms with Gasteiger partial charge in [0.15, 0.2) is 0 Å². The Balaban J connectivity index is 1.71. The molecule has 1 heterocycles. The maximum Gasteiger partial charge on any atom is 0.0270 e. The summed E-state index contributed by atoms with van der Waals surface area (Å²) in [4.78, 5) is 4.20. The Morgan fingerprint density at radius 1 is 0.958 bits per heavy atom. The zero-order valence-electron chi connectivity index (χ0n) is 16.8. The van der Waals surface area contributed by atoms with E-state index in [1.807, 2.05) is 12.4 Å². The van der Waals surface area contributed by atoms with Crippen LogP contribution < -0.4 is 0 Å². The highest BCUT2D eigenvalue weighted by Gasteiger charge is 2.55. The van der Waals surface area contributed by atoms with Gasteiger partial charge in [-0.05, 0) is 90.2 Å². The van der Waals surface area contributed by atoms with Crippen molar-refractivity contribution in [1.82, 2.24) is 4.98 Å². The number of rotatable bonds is 5. The van der Waals surface area contributed by atoms with Gasteiger partial charge in [-0.1, -0.05) is 41.5 Å². The van der Waals surface area contributed by atoms with Crippen LogP contribution >= 0.6 is 0 Å². The molecule has 0 aliphatic heterocycles. The molecule has 2 saturated carbocycles. The number of hydrogen-bond acceptors (Lipinski definition) is 1. The summed E-state index contributed by atoms with van der Waals surface area (Å²) in [5.74, 6) is 0.712. The van der Waals surface area contributed by atoms with Crippen molar-refractivity contribution < 1.29 is 0 Å². The van der Waals surface area contributed by atoms with E-state index in [0.717, 1.165) is 0 Å². The van der Waals surface area contributed by atoms with E-state index < -0.39 is 0 Å². The first-order chi connectivity index (χ1) is 11.1. The Morgan fingerprint density at radius 2 is 1.50 bits per heavy atom. The van der Waals surface area contributed by atoms with E-state index in [0.29, 0.717) is 22.2 Å². The van der Waals surface area contributed by atoms with Crippen molar-refractivity contribution >= 4 is 0 Å². The second-order valence-corrected chi connectivity index (χ2v) is 11.0. The van der Waals surface area contributed by atoms with Crippen molar-refractivity contribution in [2.24, 2.45) is 22.2 Å². The van der Waals surface area contributed by atoms with Crippen LogP contribution in [0.1, 0.15) is 92.1 Å². The van der Waals surface area contributed by atoms with Gasteiger partial charge in [0.1, 0.15) is 0 Å². The lowest BCUT2D eigenvalue weighted by Gasteiger charge is -2.38. The van der Waals surface area contributed by atoms with Gasteiger partial charge in [-0.25, -0.2) is 0 Å². The first-order valence-electron chi connectivity index (χ1n) is 9.97. The van der Waals surface area contributed by atoms with Crippen molar-refractivity contribution in [1.29, 1.82) is 0 Å². The molecule has 1 unspecified atom stereocenters. The summed E-state index contributed by atoms with van der Waals surface area (Å²) in [7, 11) is 0. The highest BCUT2D eigenvalue weighted by atomic mass is 14.6. The van der Waals surface area contributed by atoms with Gasteiger partial charge >= 0.3 is 0 Å². The van der Waals surface area contributed by atoms with Crippen molar-refractivity contribution in [3.8, 4) is 0 Å². The van der Waals surface area contributed by atoms with Gasteiger partial charge in [0.05, 0.1) is 0 Å². The fourth-order valence-electron chi connectivity index (χ4n) is 6.07. The molecular weight excluding hydrogens is 290 g/mol. The molecule has 134 valence electrons. The van der Waals surface area contributed by atoms with Crippen molar-refractivity contribution in [3.05, 3.63) is 30.1 Å². The zero-order valence-corrected chi connectivity index (χ0v) is 16.8. The second-order valence-electron chi connectivity index (χ2n) is 11.0. The molecule has 3 rings (SSSR count). The third-order valence-electron chi connectivity index (χ3n) is 7.42. The van der Waals surface area contributed by atoms with E-state index in [2.05, 4.69) is 58.7 Å². The van der Waals surface area contributed by atoms with Gasteiger partial charge in [-0.15, -0.1) is 0 Å². The quantitative estimate of drug-likeness (QED) is 0.581. The fourth-order valence-corrected chi connectivity index (χ4v) is 6.07. The zero-order chi connectivity index (χ0) is 17.6. The van der Waals surface area contributed by atoms with Crippen LogP contribution in [-0.2, 0) is 5.41 Å². The maximum absolute atomic E-state index is 4.20. The fraction of sp³-hybridized carbons (Fsp3) is 0.783. The summed E-state index contributed by atoms with van der Waals surface area (Å²) in [6.45, 7) is 14.6. The molecule has 0 saturated heterocycles. The third kappa shape index (κ3) is 3.41. The molecule has 2 aliphatic rings. The first kappa shape index (κ1) is 18.0. The van der Waals surface area contributed by atoms with Crippen LogP contribution in [0.25, 0.3) is 0 Å². The minimum Gasteiger partial charge on any atom is -0.265 e. The predicted molar refractivity (Wildman–Crippen MR) is 103 cm³/mol. The summed E-state index contributed by atoms with van der Waals surface area (Å²) in [5, 5.41) is 0. The molecule has 1 atom stereocenters. The third-order valence-corrected chi connectivity index (χ3v) is 7.42. The molecule has 1 aromatic rings. The minimum absolute atomic E-state index is 0.232. The lowest BCUT2D eigenvalue weighted by atomic mass is 9.66. The highest BCUT2D eigenvalue weighted by molar-refractivity contribution is 5.22. The summed E-state index contributed by atoms with van der Waals surface area (Å²) >= 11 is 0. The molecule has 0 aromatic carbocycles. The molecule has 0 amide bonds. The van der Waals surface area contributed by atoms with E-state index in [1.165, 1.54) is 50.5 Å². The number of hydrogen-bond donors (Lipinski definition) is 0. The Kier molecular flexibility index (Phi) is 4.38. The highest BCUT2D eigenvalue weighted by Crippen LogP contribution is 2.67. The standard InChI is InChI=1S/C23H37N/c1-18(21(5,6)19-7-13-24-14-8-19)15-22-9-11-23(17-22,12-10-22)16-20(2,3)4/h7-8,13-14,18H,9-12,15-17H2,1-6H3.